The van der Waals surface area contributed by atoms with Gasteiger partial charge in [-0.1, -0.05) is 26.8 Å². The van der Waals surface area contributed by atoms with E-state index in [0.717, 1.165) is 10.9 Å². The standard InChI is InChI=1S/C15H17NO2/c1-15(2,3)14(18)13(17)11-6-7-12-10(9-11)5-4-8-16-12/h4-9,14,18H,1-3H3. The highest BCUT2D eigenvalue weighted by molar-refractivity contribution is 6.02. The first-order chi connectivity index (χ1) is 8.39. The van der Waals surface area contributed by atoms with E-state index >= 15 is 0 Å². The van der Waals surface area contributed by atoms with Crippen LogP contribution in [0.4, 0.5) is 0 Å². The molecule has 0 fully saturated rings. The van der Waals surface area contributed by atoms with Crippen LogP contribution in [0.25, 0.3) is 10.9 Å². The predicted molar refractivity (Wildman–Crippen MR) is 71.5 cm³/mol. The molecule has 1 aromatic heterocycles. The first-order valence-electron chi connectivity index (χ1n) is 5.96. The number of hydrogen-bond donors (Lipinski definition) is 1. The number of Topliss-reactive ketones (excluding diaryl/α,β-unsaturated/α-hetero) is 1. The quantitative estimate of drug-likeness (QED) is 0.825. The highest BCUT2D eigenvalue weighted by Gasteiger charge is 2.29. The number of fused-ring (bicyclic) bond motifs is 1. The average Bonchev–Trinajstić information content (AvgIpc) is 2.35. The van der Waals surface area contributed by atoms with E-state index in [2.05, 4.69) is 4.98 Å². The lowest BCUT2D eigenvalue weighted by Gasteiger charge is -2.24. The zero-order valence-electron chi connectivity index (χ0n) is 10.8. The fraction of sp³-hybridized carbons (Fsp3) is 0.333. The van der Waals surface area contributed by atoms with Gasteiger partial charge in [0.1, 0.15) is 6.10 Å². The topological polar surface area (TPSA) is 50.2 Å². The average molecular weight is 243 g/mol. The van der Waals surface area contributed by atoms with Crippen molar-refractivity contribution >= 4 is 16.7 Å². The Bertz CT molecular complexity index is 584. The second kappa shape index (κ2) is 4.50. The monoisotopic (exact) mass is 243 g/mol. The van der Waals surface area contributed by atoms with E-state index in [4.69, 9.17) is 0 Å². The molecule has 0 aliphatic heterocycles. The van der Waals surface area contributed by atoms with E-state index in [1.54, 1.807) is 24.4 Å². The third kappa shape index (κ3) is 2.41. The van der Waals surface area contributed by atoms with Crippen molar-refractivity contribution in [3.8, 4) is 0 Å². The molecule has 0 amide bonds. The van der Waals surface area contributed by atoms with Gasteiger partial charge in [0, 0.05) is 17.1 Å². The Labute approximate surface area is 106 Å². The van der Waals surface area contributed by atoms with Gasteiger partial charge in [-0.3, -0.25) is 9.78 Å². The van der Waals surface area contributed by atoms with E-state index in [-0.39, 0.29) is 5.78 Å². The molecular weight excluding hydrogens is 226 g/mol. The first-order valence-corrected chi connectivity index (χ1v) is 5.96. The molecule has 1 unspecified atom stereocenters. The van der Waals surface area contributed by atoms with Crippen molar-refractivity contribution in [1.29, 1.82) is 0 Å². The smallest absolute Gasteiger partial charge is 0.191 e. The number of rotatable bonds is 2. The lowest BCUT2D eigenvalue weighted by molar-refractivity contribution is 0.0443. The highest BCUT2D eigenvalue weighted by Crippen LogP contribution is 2.23. The molecule has 0 spiro atoms. The summed E-state index contributed by atoms with van der Waals surface area (Å²) < 4.78 is 0. The van der Waals surface area contributed by atoms with Crippen LogP contribution in [-0.2, 0) is 0 Å². The van der Waals surface area contributed by atoms with Gasteiger partial charge in [-0.2, -0.15) is 0 Å². The second-order valence-electron chi connectivity index (χ2n) is 5.54. The molecule has 18 heavy (non-hydrogen) atoms. The van der Waals surface area contributed by atoms with E-state index in [1.165, 1.54) is 0 Å². The van der Waals surface area contributed by atoms with Gasteiger partial charge in [-0.15, -0.1) is 0 Å². The summed E-state index contributed by atoms with van der Waals surface area (Å²) in [5.41, 5.74) is 0.915. The molecule has 3 heteroatoms. The SMILES string of the molecule is CC(C)(C)C(O)C(=O)c1ccc2ncccc2c1. The Morgan fingerprint density at radius 1 is 1.28 bits per heavy atom. The summed E-state index contributed by atoms with van der Waals surface area (Å²) in [5.74, 6) is -0.242. The molecule has 0 aliphatic carbocycles. The number of aliphatic hydroxyl groups is 1. The number of aliphatic hydroxyl groups excluding tert-OH is 1. The summed E-state index contributed by atoms with van der Waals surface area (Å²) in [6.07, 6.45) is 0.722. The van der Waals surface area contributed by atoms with Crippen LogP contribution in [0, 0.1) is 5.41 Å². The molecular formula is C15H17NO2. The zero-order valence-corrected chi connectivity index (χ0v) is 10.8. The Morgan fingerprint density at radius 3 is 2.67 bits per heavy atom. The van der Waals surface area contributed by atoms with E-state index in [0.29, 0.717) is 5.56 Å². The number of ketones is 1. The van der Waals surface area contributed by atoms with Gasteiger partial charge in [0.05, 0.1) is 5.52 Å². The van der Waals surface area contributed by atoms with Crippen molar-refractivity contribution in [2.45, 2.75) is 26.9 Å². The Morgan fingerprint density at radius 2 is 2.00 bits per heavy atom. The maximum Gasteiger partial charge on any atom is 0.191 e. The van der Waals surface area contributed by atoms with Gasteiger partial charge in [0.2, 0.25) is 0 Å². The number of nitrogens with zero attached hydrogens (tertiary/aromatic N) is 1. The van der Waals surface area contributed by atoms with Gasteiger partial charge in [-0.25, -0.2) is 0 Å². The number of carbonyl (C=O) groups is 1. The van der Waals surface area contributed by atoms with Crippen LogP contribution >= 0.6 is 0 Å². The third-order valence-electron chi connectivity index (χ3n) is 2.96. The largest absolute Gasteiger partial charge is 0.384 e. The molecule has 1 N–H and O–H groups in total. The molecule has 3 nitrogen and oxygen atoms in total. The molecule has 94 valence electrons. The van der Waals surface area contributed by atoms with Crippen molar-refractivity contribution in [3.05, 3.63) is 42.1 Å². The lowest BCUT2D eigenvalue weighted by Crippen LogP contribution is -2.34. The maximum atomic E-state index is 12.2. The molecule has 1 atom stereocenters. The molecule has 0 aliphatic rings. The third-order valence-corrected chi connectivity index (χ3v) is 2.96. The summed E-state index contributed by atoms with van der Waals surface area (Å²) >= 11 is 0. The van der Waals surface area contributed by atoms with Crippen molar-refractivity contribution in [2.75, 3.05) is 0 Å². The van der Waals surface area contributed by atoms with E-state index in [9.17, 15) is 9.90 Å². The van der Waals surface area contributed by atoms with Crippen LogP contribution in [0.15, 0.2) is 36.5 Å². The maximum absolute atomic E-state index is 12.2. The number of carbonyl (C=O) groups excluding carboxylic acids is 1. The number of hydrogen-bond acceptors (Lipinski definition) is 3. The minimum atomic E-state index is -0.994. The lowest BCUT2D eigenvalue weighted by atomic mass is 9.84. The Balaban J connectivity index is 2.40. The van der Waals surface area contributed by atoms with Crippen molar-refractivity contribution in [1.82, 2.24) is 4.98 Å². The number of benzene rings is 1. The normalized spacial score (nSPS) is 13.6. The highest BCUT2D eigenvalue weighted by atomic mass is 16.3. The van der Waals surface area contributed by atoms with Gasteiger partial charge in [0.25, 0.3) is 0 Å². The van der Waals surface area contributed by atoms with Crippen LogP contribution in [0.3, 0.4) is 0 Å². The van der Waals surface area contributed by atoms with Crippen molar-refractivity contribution in [2.24, 2.45) is 5.41 Å². The van der Waals surface area contributed by atoms with Crippen molar-refractivity contribution in [3.63, 3.8) is 0 Å². The fourth-order valence-corrected chi connectivity index (χ4v) is 1.78. The van der Waals surface area contributed by atoms with Gasteiger partial charge in [-0.05, 0) is 29.7 Å². The zero-order chi connectivity index (χ0) is 13.3. The minimum Gasteiger partial charge on any atom is -0.384 e. The van der Waals surface area contributed by atoms with Crippen LogP contribution in [-0.4, -0.2) is 22.0 Å². The summed E-state index contributed by atoms with van der Waals surface area (Å²) in [6, 6.07) is 9.03. The molecule has 0 saturated carbocycles. The van der Waals surface area contributed by atoms with Crippen LogP contribution in [0.1, 0.15) is 31.1 Å². The molecule has 1 aromatic carbocycles. The summed E-state index contributed by atoms with van der Waals surface area (Å²) in [4.78, 5) is 16.4. The molecule has 2 aromatic rings. The van der Waals surface area contributed by atoms with Gasteiger partial charge >= 0.3 is 0 Å². The summed E-state index contributed by atoms with van der Waals surface area (Å²) in [6.45, 7) is 5.54. The number of aromatic nitrogens is 1. The van der Waals surface area contributed by atoms with E-state index < -0.39 is 11.5 Å². The van der Waals surface area contributed by atoms with E-state index in [1.807, 2.05) is 32.9 Å². The molecule has 0 bridgehead atoms. The Hall–Kier alpha value is -1.74. The van der Waals surface area contributed by atoms with Gasteiger partial charge < -0.3 is 5.11 Å². The minimum absolute atomic E-state index is 0.242. The fourth-order valence-electron chi connectivity index (χ4n) is 1.78. The van der Waals surface area contributed by atoms with Crippen LogP contribution in [0.5, 0.6) is 0 Å². The first kappa shape index (κ1) is 12.7. The molecule has 0 radical (unpaired) electrons. The Kier molecular flexibility index (Phi) is 3.18. The summed E-state index contributed by atoms with van der Waals surface area (Å²) in [7, 11) is 0. The second-order valence-corrected chi connectivity index (χ2v) is 5.54. The molecule has 0 saturated heterocycles. The van der Waals surface area contributed by atoms with Crippen LogP contribution in [0.2, 0.25) is 0 Å². The molecule has 1 heterocycles. The number of pyridine rings is 1. The summed E-state index contributed by atoms with van der Waals surface area (Å²) in [5, 5.41) is 10.9. The molecule has 2 rings (SSSR count). The van der Waals surface area contributed by atoms with Crippen LogP contribution < -0.4 is 0 Å². The predicted octanol–water partition coefficient (Wildman–Crippen LogP) is 2.82. The van der Waals surface area contributed by atoms with Gasteiger partial charge in [0.15, 0.2) is 5.78 Å². The van der Waals surface area contributed by atoms with Crippen molar-refractivity contribution < 1.29 is 9.90 Å².